The average Bonchev–Trinajstić information content (AvgIpc) is 3.02. The Bertz CT molecular complexity index is 750. The molecule has 1 fully saturated rings. The molecule has 2 aromatic rings. The van der Waals surface area contributed by atoms with Crippen LogP contribution in [0.3, 0.4) is 0 Å². The summed E-state index contributed by atoms with van der Waals surface area (Å²) in [6.45, 7) is 0. The maximum atomic E-state index is 12.4. The van der Waals surface area contributed by atoms with Crippen LogP contribution in [0, 0.1) is 0 Å². The molecule has 0 radical (unpaired) electrons. The fourth-order valence-corrected chi connectivity index (χ4v) is 3.60. The third-order valence-corrected chi connectivity index (χ3v) is 5.29. The second-order valence-electron chi connectivity index (χ2n) is 5.92. The van der Waals surface area contributed by atoms with Crippen LogP contribution in [0.4, 0.5) is 0 Å². The van der Waals surface area contributed by atoms with Crippen LogP contribution >= 0.6 is 11.3 Å². The first-order valence-electron chi connectivity index (χ1n) is 7.66. The lowest BCUT2D eigenvalue weighted by molar-refractivity contribution is -0.139. The quantitative estimate of drug-likeness (QED) is 0.839. The molecule has 1 saturated carbocycles. The Morgan fingerprint density at radius 1 is 1.33 bits per heavy atom. The zero-order valence-corrected chi connectivity index (χ0v) is 14.1. The Kier molecular flexibility index (Phi) is 4.53. The Morgan fingerprint density at radius 2 is 2.04 bits per heavy atom. The number of carboxylic acid groups (broad SMARTS) is 1. The molecule has 1 aliphatic rings. The van der Waals surface area contributed by atoms with Gasteiger partial charge in [-0.05, 0) is 43.5 Å². The molecule has 0 bridgehead atoms. The number of amides is 1. The summed E-state index contributed by atoms with van der Waals surface area (Å²) in [7, 11) is 1.61. The predicted octanol–water partition coefficient (Wildman–Crippen LogP) is 2.95. The molecule has 2 N–H and O–H groups in total. The Hall–Kier alpha value is -2.41. The zero-order valence-electron chi connectivity index (χ0n) is 13.2. The lowest BCUT2D eigenvalue weighted by Gasteiger charge is -2.41. The molecule has 0 spiro atoms. The van der Waals surface area contributed by atoms with E-state index >= 15 is 0 Å². The van der Waals surface area contributed by atoms with E-state index < -0.39 is 11.5 Å². The van der Waals surface area contributed by atoms with E-state index in [1.807, 2.05) is 24.3 Å². The molecule has 1 amide bonds. The fourth-order valence-electron chi connectivity index (χ4n) is 2.79. The SMILES string of the molecule is COc1ccc(-c2ncc(C(=O)NC3(CC(=O)O)CCC3)s2)cc1. The van der Waals surface area contributed by atoms with Crippen molar-refractivity contribution in [1.82, 2.24) is 10.3 Å². The van der Waals surface area contributed by atoms with E-state index in [0.29, 0.717) is 17.7 Å². The monoisotopic (exact) mass is 346 g/mol. The van der Waals surface area contributed by atoms with Gasteiger partial charge in [-0.2, -0.15) is 0 Å². The maximum Gasteiger partial charge on any atom is 0.305 e. The Balaban J connectivity index is 1.72. The number of aliphatic carboxylic acids is 1. The van der Waals surface area contributed by atoms with Crippen molar-refractivity contribution in [1.29, 1.82) is 0 Å². The number of aromatic nitrogens is 1. The van der Waals surface area contributed by atoms with E-state index in [1.165, 1.54) is 17.5 Å². The molecule has 0 atom stereocenters. The number of nitrogens with one attached hydrogen (secondary N) is 1. The van der Waals surface area contributed by atoms with Crippen LogP contribution in [0.1, 0.15) is 35.4 Å². The smallest absolute Gasteiger partial charge is 0.305 e. The fraction of sp³-hybridized carbons (Fsp3) is 0.353. The van der Waals surface area contributed by atoms with Gasteiger partial charge in [0.2, 0.25) is 0 Å². The molecule has 24 heavy (non-hydrogen) atoms. The van der Waals surface area contributed by atoms with Crippen molar-refractivity contribution in [3.8, 4) is 16.3 Å². The van der Waals surface area contributed by atoms with E-state index in [4.69, 9.17) is 9.84 Å². The Morgan fingerprint density at radius 3 is 2.58 bits per heavy atom. The van der Waals surface area contributed by atoms with Gasteiger partial charge in [0, 0.05) is 5.56 Å². The first kappa shape index (κ1) is 16.4. The van der Waals surface area contributed by atoms with Gasteiger partial charge in [-0.15, -0.1) is 11.3 Å². The van der Waals surface area contributed by atoms with Crippen molar-refractivity contribution in [3.05, 3.63) is 35.3 Å². The van der Waals surface area contributed by atoms with E-state index in [-0.39, 0.29) is 12.3 Å². The van der Waals surface area contributed by atoms with Crippen molar-refractivity contribution in [2.24, 2.45) is 0 Å². The van der Waals surface area contributed by atoms with Gasteiger partial charge in [0.25, 0.3) is 5.91 Å². The predicted molar refractivity (Wildman–Crippen MR) is 90.4 cm³/mol. The molecule has 0 aliphatic heterocycles. The van der Waals surface area contributed by atoms with E-state index in [0.717, 1.165) is 22.7 Å². The largest absolute Gasteiger partial charge is 0.497 e. The van der Waals surface area contributed by atoms with E-state index in [1.54, 1.807) is 7.11 Å². The molecule has 1 aromatic carbocycles. The number of methoxy groups -OCH3 is 1. The summed E-state index contributed by atoms with van der Waals surface area (Å²) in [5.41, 5.74) is 0.302. The second-order valence-corrected chi connectivity index (χ2v) is 6.95. The standard InChI is InChI=1S/C17H18N2O4S/c1-23-12-5-3-11(4-6-12)16-18-10-13(24-16)15(22)19-17(7-2-8-17)9-14(20)21/h3-6,10H,2,7-9H2,1H3,(H,19,22)(H,20,21). The number of thiazole rings is 1. The number of hydrogen-bond donors (Lipinski definition) is 2. The van der Waals surface area contributed by atoms with Gasteiger partial charge in [0.1, 0.15) is 15.6 Å². The van der Waals surface area contributed by atoms with Crippen molar-refractivity contribution in [3.63, 3.8) is 0 Å². The van der Waals surface area contributed by atoms with Gasteiger partial charge in [0.15, 0.2) is 0 Å². The lowest BCUT2D eigenvalue weighted by Crippen LogP contribution is -2.54. The highest BCUT2D eigenvalue weighted by atomic mass is 32.1. The summed E-state index contributed by atoms with van der Waals surface area (Å²) in [4.78, 5) is 28.2. The van der Waals surface area contributed by atoms with Gasteiger partial charge in [-0.25, -0.2) is 4.98 Å². The minimum atomic E-state index is -0.891. The highest BCUT2D eigenvalue weighted by Gasteiger charge is 2.40. The van der Waals surface area contributed by atoms with Crippen LogP contribution in [-0.4, -0.2) is 34.6 Å². The summed E-state index contributed by atoms with van der Waals surface area (Å²) in [6, 6.07) is 7.45. The van der Waals surface area contributed by atoms with Gasteiger partial charge >= 0.3 is 5.97 Å². The number of carbonyl (C=O) groups excluding carboxylic acids is 1. The number of nitrogens with zero attached hydrogens (tertiary/aromatic N) is 1. The molecule has 6 nitrogen and oxygen atoms in total. The normalized spacial score (nSPS) is 15.4. The number of ether oxygens (including phenoxy) is 1. The average molecular weight is 346 g/mol. The van der Waals surface area contributed by atoms with Crippen LogP contribution in [0.2, 0.25) is 0 Å². The van der Waals surface area contributed by atoms with Crippen molar-refractivity contribution >= 4 is 23.2 Å². The molecule has 0 unspecified atom stereocenters. The second kappa shape index (κ2) is 6.60. The summed E-state index contributed by atoms with van der Waals surface area (Å²) in [6.07, 6.45) is 3.84. The van der Waals surface area contributed by atoms with Crippen LogP contribution in [-0.2, 0) is 4.79 Å². The van der Waals surface area contributed by atoms with Crippen LogP contribution in [0.5, 0.6) is 5.75 Å². The topological polar surface area (TPSA) is 88.5 Å². The molecule has 126 valence electrons. The van der Waals surface area contributed by atoms with Crippen LogP contribution in [0.15, 0.2) is 30.5 Å². The van der Waals surface area contributed by atoms with E-state index in [2.05, 4.69) is 10.3 Å². The maximum absolute atomic E-state index is 12.4. The van der Waals surface area contributed by atoms with Gasteiger partial charge in [0.05, 0.1) is 25.3 Å². The highest BCUT2D eigenvalue weighted by molar-refractivity contribution is 7.16. The third-order valence-electron chi connectivity index (χ3n) is 4.25. The molecular weight excluding hydrogens is 328 g/mol. The van der Waals surface area contributed by atoms with Gasteiger partial charge in [-0.3, -0.25) is 9.59 Å². The molecule has 3 rings (SSSR count). The summed E-state index contributed by atoms with van der Waals surface area (Å²) < 4.78 is 5.12. The Labute approximate surface area is 143 Å². The molecule has 1 aliphatic carbocycles. The first-order chi connectivity index (χ1) is 11.5. The number of hydrogen-bond acceptors (Lipinski definition) is 5. The number of carbonyl (C=O) groups is 2. The van der Waals surface area contributed by atoms with Crippen molar-refractivity contribution in [2.45, 2.75) is 31.2 Å². The first-order valence-corrected chi connectivity index (χ1v) is 8.48. The molecule has 0 saturated heterocycles. The van der Waals surface area contributed by atoms with Gasteiger partial charge < -0.3 is 15.2 Å². The van der Waals surface area contributed by atoms with E-state index in [9.17, 15) is 9.59 Å². The van der Waals surface area contributed by atoms with Gasteiger partial charge in [-0.1, -0.05) is 0 Å². The molecule has 1 heterocycles. The third kappa shape index (κ3) is 3.41. The minimum absolute atomic E-state index is 0.0388. The zero-order chi connectivity index (χ0) is 17.2. The van der Waals surface area contributed by atoms with Crippen LogP contribution in [0.25, 0.3) is 10.6 Å². The molecule has 7 heteroatoms. The van der Waals surface area contributed by atoms with Crippen molar-refractivity contribution in [2.75, 3.05) is 7.11 Å². The van der Waals surface area contributed by atoms with Crippen LogP contribution < -0.4 is 10.1 Å². The minimum Gasteiger partial charge on any atom is -0.497 e. The number of benzene rings is 1. The molecular formula is C17H18N2O4S. The summed E-state index contributed by atoms with van der Waals surface area (Å²) >= 11 is 1.29. The lowest BCUT2D eigenvalue weighted by atomic mass is 9.74. The van der Waals surface area contributed by atoms with Crippen molar-refractivity contribution < 1.29 is 19.4 Å². The molecule has 1 aromatic heterocycles. The number of rotatable bonds is 6. The number of carboxylic acids is 1. The summed E-state index contributed by atoms with van der Waals surface area (Å²) in [5, 5.41) is 12.7. The summed E-state index contributed by atoms with van der Waals surface area (Å²) in [5.74, 6) is -0.389. The highest BCUT2D eigenvalue weighted by Crippen LogP contribution is 2.36.